The van der Waals surface area contributed by atoms with Crippen LogP contribution in [0.2, 0.25) is 0 Å². The number of phenols is 1. The molecule has 172 valence electrons. The molecule has 0 spiro atoms. The Bertz CT molecular complexity index is 1170. The molecule has 0 bridgehead atoms. The minimum Gasteiger partial charge on any atom is -0.507 e. The van der Waals surface area contributed by atoms with Crippen molar-refractivity contribution in [2.24, 2.45) is 0 Å². The van der Waals surface area contributed by atoms with Crippen LogP contribution in [0.3, 0.4) is 0 Å². The summed E-state index contributed by atoms with van der Waals surface area (Å²) >= 11 is 0. The molecule has 1 aromatic heterocycles. The number of esters is 1. The van der Waals surface area contributed by atoms with Crippen LogP contribution in [0.1, 0.15) is 29.7 Å². The Labute approximate surface area is 193 Å². The van der Waals surface area contributed by atoms with E-state index in [1.54, 1.807) is 19.3 Å². The Balaban J connectivity index is 1.93. The summed E-state index contributed by atoms with van der Waals surface area (Å²) in [4.78, 5) is 18.2. The third kappa shape index (κ3) is 4.69. The Morgan fingerprint density at radius 3 is 2.48 bits per heavy atom. The van der Waals surface area contributed by atoms with Gasteiger partial charge in [0.15, 0.2) is 0 Å². The van der Waals surface area contributed by atoms with Gasteiger partial charge in [0.2, 0.25) is 0 Å². The Kier molecular flexibility index (Phi) is 6.91. The number of aromatic nitrogens is 1. The van der Waals surface area contributed by atoms with Crippen molar-refractivity contribution in [3.63, 3.8) is 0 Å². The number of nitrogens with zero attached hydrogens (tertiary/aromatic N) is 2. The summed E-state index contributed by atoms with van der Waals surface area (Å²) < 4.78 is 16.5. The van der Waals surface area contributed by atoms with E-state index >= 15 is 0 Å². The zero-order chi connectivity index (χ0) is 23.4. The zero-order valence-corrected chi connectivity index (χ0v) is 19.1. The number of carbonyl (C=O) groups excluding carboxylic acids is 1. The molecular weight excluding hydrogens is 420 g/mol. The van der Waals surface area contributed by atoms with Crippen molar-refractivity contribution in [1.29, 1.82) is 0 Å². The number of hydrogen-bond acceptors (Lipinski definition) is 7. The van der Waals surface area contributed by atoms with E-state index in [1.165, 1.54) is 13.2 Å². The molecule has 4 rings (SSSR count). The van der Waals surface area contributed by atoms with E-state index in [9.17, 15) is 9.90 Å². The molecule has 0 aliphatic carbocycles. The SMILES string of the molecule is COC(=O)/C=C(\C)Oc1c(C)c(C(c2ccncc2)N2CCOCC2)c(O)c2ccccc12. The molecule has 1 unspecified atom stereocenters. The molecule has 1 N–H and O–H groups in total. The maximum atomic E-state index is 11.7. The number of aromatic hydroxyl groups is 1. The van der Waals surface area contributed by atoms with E-state index in [1.807, 2.05) is 43.3 Å². The van der Waals surface area contributed by atoms with Crippen LogP contribution in [-0.4, -0.2) is 54.4 Å². The third-order valence-electron chi connectivity index (χ3n) is 5.92. The molecule has 1 aliphatic heterocycles. The standard InChI is InChI=1S/C26H28N2O5/c1-17(16-22(29)31-3)33-26-18(2)23(25(30)20-6-4-5-7-21(20)26)24(19-8-10-27-11-9-19)28-12-14-32-15-13-28/h4-11,16,24,30H,12-15H2,1-3H3/b17-16+. The molecule has 0 radical (unpaired) electrons. The lowest BCUT2D eigenvalue weighted by atomic mass is 9.89. The first-order valence-corrected chi connectivity index (χ1v) is 10.9. The van der Waals surface area contributed by atoms with Gasteiger partial charge in [0, 0.05) is 47.4 Å². The maximum Gasteiger partial charge on any atom is 0.333 e. The van der Waals surface area contributed by atoms with Gasteiger partial charge in [-0.05, 0) is 31.5 Å². The van der Waals surface area contributed by atoms with Gasteiger partial charge in [-0.3, -0.25) is 9.88 Å². The summed E-state index contributed by atoms with van der Waals surface area (Å²) in [6.45, 7) is 6.36. The van der Waals surface area contributed by atoms with Gasteiger partial charge < -0.3 is 19.3 Å². The highest BCUT2D eigenvalue weighted by Gasteiger charge is 2.31. The maximum absolute atomic E-state index is 11.7. The summed E-state index contributed by atoms with van der Waals surface area (Å²) in [5, 5.41) is 13.0. The number of benzene rings is 2. The van der Waals surface area contributed by atoms with Gasteiger partial charge in [-0.2, -0.15) is 0 Å². The van der Waals surface area contributed by atoms with Gasteiger partial charge in [-0.1, -0.05) is 24.3 Å². The number of phenolic OH excluding ortho intramolecular Hbond substituents is 1. The van der Waals surface area contributed by atoms with Crippen LogP contribution in [-0.2, 0) is 14.3 Å². The Morgan fingerprint density at radius 1 is 1.15 bits per heavy atom. The highest BCUT2D eigenvalue weighted by Crippen LogP contribution is 2.46. The van der Waals surface area contributed by atoms with Gasteiger partial charge in [0.1, 0.15) is 17.3 Å². The number of morpholine rings is 1. The number of ether oxygens (including phenoxy) is 3. The van der Waals surface area contributed by atoms with Crippen LogP contribution in [0.25, 0.3) is 10.8 Å². The summed E-state index contributed by atoms with van der Waals surface area (Å²) in [7, 11) is 1.33. The Morgan fingerprint density at radius 2 is 1.82 bits per heavy atom. The number of pyridine rings is 1. The van der Waals surface area contributed by atoms with Gasteiger partial charge >= 0.3 is 5.97 Å². The van der Waals surface area contributed by atoms with Crippen LogP contribution in [0.4, 0.5) is 0 Å². The molecule has 7 heteroatoms. The molecule has 1 fully saturated rings. The molecule has 0 saturated carbocycles. The van der Waals surface area contributed by atoms with Gasteiger partial charge in [-0.15, -0.1) is 0 Å². The average molecular weight is 449 g/mol. The van der Waals surface area contributed by atoms with Crippen molar-refractivity contribution >= 4 is 16.7 Å². The number of carbonyl (C=O) groups is 1. The summed E-state index contributed by atoms with van der Waals surface area (Å²) in [6.07, 6.45) is 4.83. The normalized spacial score (nSPS) is 15.9. The molecule has 1 saturated heterocycles. The van der Waals surface area contributed by atoms with Crippen molar-refractivity contribution in [3.8, 4) is 11.5 Å². The number of allylic oxidation sites excluding steroid dienone is 1. The van der Waals surface area contributed by atoms with E-state index in [-0.39, 0.29) is 11.8 Å². The largest absolute Gasteiger partial charge is 0.507 e. The number of methoxy groups -OCH3 is 1. The van der Waals surface area contributed by atoms with Crippen molar-refractivity contribution in [1.82, 2.24) is 9.88 Å². The highest BCUT2D eigenvalue weighted by molar-refractivity contribution is 5.96. The topological polar surface area (TPSA) is 81.1 Å². The second-order valence-electron chi connectivity index (χ2n) is 7.97. The fourth-order valence-corrected chi connectivity index (χ4v) is 4.36. The second kappa shape index (κ2) is 10.0. The molecule has 2 aromatic carbocycles. The molecule has 2 heterocycles. The molecular formula is C26H28N2O5. The Hall–Kier alpha value is -3.42. The molecule has 1 atom stereocenters. The fraction of sp³-hybridized carbons (Fsp3) is 0.308. The smallest absolute Gasteiger partial charge is 0.333 e. The van der Waals surface area contributed by atoms with Crippen molar-refractivity contribution in [2.75, 3.05) is 33.4 Å². The van der Waals surface area contributed by atoms with Crippen molar-refractivity contribution in [2.45, 2.75) is 19.9 Å². The monoisotopic (exact) mass is 448 g/mol. The highest BCUT2D eigenvalue weighted by atomic mass is 16.5. The fourth-order valence-electron chi connectivity index (χ4n) is 4.36. The minimum absolute atomic E-state index is 0.214. The summed E-state index contributed by atoms with van der Waals surface area (Å²) in [6, 6.07) is 11.3. The van der Waals surface area contributed by atoms with E-state index < -0.39 is 5.97 Å². The van der Waals surface area contributed by atoms with Gasteiger partial charge in [0.05, 0.1) is 32.4 Å². The first-order valence-electron chi connectivity index (χ1n) is 10.9. The molecule has 33 heavy (non-hydrogen) atoms. The first kappa shape index (κ1) is 22.8. The first-order chi connectivity index (χ1) is 16.0. The number of rotatable bonds is 6. The molecule has 1 aliphatic rings. The van der Waals surface area contributed by atoms with E-state index in [0.717, 1.165) is 35.2 Å². The van der Waals surface area contributed by atoms with Crippen LogP contribution in [0.15, 0.2) is 60.6 Å². The third-order valence-corrected chi connectivity index (χ3v) is 5.92. The van der Waals surface area contributed by atoms with E-state index in [4.69, 9.17) is 14.2 Å². The van der Waals surface area contributed by atoms with Crippen LogP contribution < -0.4 is 4.74 Å². The number of fused-ring (bicyclic) bond motifs is 1. The second-order valence-corrected chi connectivity index (χ2v) is 7.97. The molecule has 3 aromatic rings. The van der Waals surface area contributed by atoms with E-state index in [0.29, 0.717) is 30.1 Å². The van der Waals surface area contributed by atoms with Crippen LogP contribution in [0.5, 0.6) is 11.5 Å². The van der Waals surface area contributed by atoms with Gasteiger partial charge in [-0.25, -0.2) is 4.79 Å². The van der Waals surface area contributed by atoms with Crippen molar-refractivity contribution in [3.05, 3.63) is 77.3 Å². The average Bonchev–Trinajstić information content (AvgIpc) is 2.85. The van der Waals surface area contributed by atoms with E-state index in [2.05, 4.69) is 9.88 Å². The molecule has 7 nitrogen and oxygen atoms in total. The lowest BCUT2D eigenvalue weighted by Crippen LogP contribution is -2.39. The van der Waals surface area contributed by atoms with Gasteiger partial charge in [0.25, 0.3) is 0 Å². The lowest BCUT2D eigenvalue weighted by Gasteiger charge is -2.36. The minimum atomic E-state index is -0.489. The zero-order valence-electron chi connectivity index (χ0n) is 19.1. The van der Waals surface area contributed by atoms with Crippen molar-refractivity contribution < 1.29 is 24.1 Å². The van der Waals surface area contributed by atoms with Crippen LogP contribution >= 0.6 is 0 Å². The number of hydrogen-bond donors (Lipinski definition) is 1. The summed E-state index contributed by atoms with van der Waals surface area (Å²) in [5.41, 5.74) is 2.59. The lowest BCUT2D eigenvalue weighted by molar-refractivity contribution is -0.135. The predicted molar refractivity (Wildman–Crippen MR) is 125 cm³/mol. The predicted octanol–water partition coefficient (Wildman–Crippen LogP) is 4.13. The molecule has 0 amide bonds. The quantitative estimate of drug-likeness (QED) is 0.345. The van der Waals surface area contributed by atoms with Crippen LogP contribution in [0, 0.1) is 6.92 Å². The summed E-state index contributed by atoms with van der Waals surface area (Å²) in [5.74, 6) is 0.733.